The topological polar surface area (TPSA) is 0 Å². The van der Waals surface area contributed by atoms with E-state index in [4.69, 9.17) is 0 Å². The molecule has 0 atom stereocenters. The molecule has 0 unspecified atom stereocenters. The minimum absolute atomic E-state index is 0.0746. The van der Waals surface area contributed by atoms with Crippen LogP contribution < -0.4 is 0 Å². The van der Waals surface area contributed by atoms with Gasteiger partial charge in [0.1, 0.15) is 5.82 Å². The largest absolute Gasteiger partial charge is 0.206 e. The second-order valence-corrected chi connectivity index (χ2v) is 10.2. The Bertz CT molecular complexity index is 1400. The Morgan fingerprint density at radius 1 is 0.658 bits per heavy atom. The molecule has 4 aromatic rings. The summed E-state index contributed by atoms with van der Waals surface area (Å²) in [6.45, 7) is 4.27. The lowest BCUT2D eigenvalue weighted by molar-refractivity contribution is 0.603. The first-order chi connectivity index (χ1) is 18.7. The molecule has 0 aromatic heterocycles. The van der Waals surface area contributed by atoms with Gasteiger partial charge in [-0.05, 0) is 97.4 Å². The number of aryl methyl sites for hydroxylation is 4. The fourth-order valence-electron chi connectivity index (χ4n) is 4.83. The first kappa shape index (κ1) is 27.4. The molecule has 0 N–H and O–H groups in total. The number of halogens is 1. The van der Waals surface area contributed by atoms with E-state index in [0.717, 1.165) is 67.0 Å². The highest BCUT2D eigenvalue weighted by atomic mass is 19.1. The average Bonchev–Trinajstić information content (AvgIpc) is 2.95. The van der Waals surface area contributed by atoms with Crippen molar-refractivity contribution in [2.75, 3.05) is 0 Å². The van der Waals surface area contributed by atoms with Gasteiger partial charge in [-0.2, -0.15) is 0 Å². The summed E-state index contributed by atoms with van der Waals surface area (Å²) < 4.78 is 15.0. The van der Waals surface area contributed by atoms with Crippen LogP contribution in [0.1, 0.15) is 79.3 Å². The second kappa shape index (κ2) is 14.3. The number of hydrogen-bond donors (Lipinski definition) is 0. The molecule has 0 nitrogen and oxygen atoms in total. The lowest BCUT2D eigenvalue weighted by Crippen LogP contribution is -1.93. The summed E-state index contributed by atoms with van der Waals surface area (Å²) in [4.78, 5) is 0. The van der Waals surface area contributed by atoms with Crippen LogP contribution in [0, 0.1) is 17.7 Å². The molecule has 4 rings (SSSR count). The van der Waals surface area contributed by atoms with Crippen molar-refractivity contribution >= 4 is 10.8 Å². The maximum Gasteiger partial charge on any atom is 0.134 e. The fourth-order valence-corrected chi connectivity index (χ4v) is 4.83. The highest BCUT2D eigenvalue weighted by molar-refractivity contribution is 5.85. The van der Waals surface area contributed by atoms with Gasteiger partial charge in [0.15, 0.2) is 0 Å². The molecular weight excluding hydrogens is 463 g/mol. The summed E-state index contributed by atoms with van der Waals surface area (Å²) in [7, 11) is 0. The van der Waals surface area contributed by atoms with E-state index in [1.54, 1.807) is 0 Å². The lowest BCUT2D eigenvalue weighted by Gasteiger charge is -2.07. The lowest BCUT2D eigenvalue weighted by atomic mass is 9.99. The van der Waals surface area contributed by atoms with E-state index in [9.17, 15) is 0 Å². The Labute approximate surface area is 228 Å². The van der Waals surface area contributed by atoms with Crippen molar-refractivity contribution in [3.8, 4) is 11.8 Å². The molecule has 0 bridgehead atoms. The zero-order valence-corrected chi connectivity index (χ0v) is 22.9. The van der Waals surface area contributed by atoms with Crippen LogP contribution in [0.15, 0.2) is 91.0 Å². The van der Waals surface area contributed by atoms with Gasteiger partial charge in [-0.1, -0.05) is 105 Å². The van der Waals surface area contributed by atoms with Crippen LogP contribution >= 0.6 is 0 Å². The predicted molar refractivity (Wildman–Crippen MR) is 161 cm³/mol. The van der Waals surface area contributed by atoms with Crippen LogP contribution in [-0.4, -0.2) is 0 Å². The summed E-state index contributed by atoms with van der Waals surface area (Å²) in [6.07, 6.45) is 14.0. The third-order valence-corrected chi connectivity index (χ3v) is 7.20. The van der Waals surface area contributed by atoms with Crippen molar-refractivity contribution in [2.45, 2.75) is 71.6 Å². The second-order valence-electron chi connectivity index (χ2n) is 10.2. The van der Waals surface area contributed by atoms with Crippen molar-refractivity contribution in [3.05, 3.63) is 130 Å². The highest BCUT2D eigenvalue weighted by Gasteiger charge is 2.07. The van der Waals surface area contributed by atoms with E-state index in [0.29, 0.717) is 5.39 Å². The molecule has 0 fully saturated rings. The quantitative estimate of drug-likeness (QED) is 0.109. The third kappa shape index (κ3) is 7.93. The molecule has 0 amide bonds. The highest BCUT2D eigenvalue weighted by Crippen LogP contribution is 2.24. The van der Waals surface area contributed by atoms with Crippen molar-refractivity contribution in [3.63, 3.8) is 0 Å². The van der Waals surface area contributed by atoms with Gasteiger partial charge < -0.3 is 0 Å². The number of fused-ring (bicyclic) bond motifs is 1. The van der Waals surface area contributed by atoms with Crippen LogP contribution in [0.25, 0.3) is 10.8 Å². The van der Waals surface area contributed by atoms with Crippen LogP contribution in [-0.2, 0) is 25.7 Å². The number of allylic oxidation sites excluding steroid dienone is 2. The van der Waals surface area contributed by atoms with Crippen molar-refractivity contribution in [1.82, 2.24) is 0 Å². The smallest absolute Gasteiger partial charge is 0.134 e. The van der Waals surface area contributed by atoms with E-state index in [-0.39, 0.29) is 5.82 Å². The molecule has 0 saturated carbocycles. The van der Waals surface area contributed by atoms with Crippen LogP contribution in [0.4, 0.5) is 4.39 Å². The summed E-state index contributed by atoms with van der Waals surface area (Å²) in [5.74, 6) is 6.46. The van der Waals surface area contributed by atoms with Crippen LogP contribution in [0.5, 0.6) is 0 Å². The van der Waals surface area contributed by atoms with E-state index in [2.05, 4.69) is 86.4 Å². The Hall–Kier alpha value is -3.63. The molecular formula is C37H39F. The van der Waals surface area contributed by atoms with E-state index in [1.807, 2.05) is 30.3 Å². The Morgan fingerprint density at radius 3 is 1.97 bits per heavy atom. The molecule has 4 aromatic carbocycles. The van der Waals surface area contributed by atoms with Crippen LogP contribution in [0.2, 0.25) is 0 Å². The van der Waals surface area contributed by atoms with Gasteiger partial charge in [0.05, 0.1) is 0 Å². The van der Waals surface area contributed by atoms with Crippen molar-refractivity contribution < 1.29 is 4.39 Å². The molecule has 0 aliphatic carbocycles. The first-order valence-corrected chi connectivity index (χ1v) is 14.2. The fraction of sp³-hybridized carbons (Fsp3) is 0.297. The predicted octanol–water partition coefficient (Wildman–Crippen LogP) is 9.80. The number of hydrogen-bond acceptors (Lipinski definition) is 0. The van der Waals surface area contributed by atoms with Crippen molar-refractivity contribution in [2.24, 2.45) is 0 Å². The molecule has 1 heteroatoms. The Balaban J connectivity index is 1.33. The maximum absolute atomic E-state index is 15.0. The summed E-state index contributed by atoms with van der Waals surface area (Å²) in [5, 5.41) is 1.60. The molecule has 0 saturated heterocycles. The minimum atomic E-state index is -0.0746. The van der Waals surface area contributed by atoms with Gasteiger partial charge >= 0.3 is 0 Å². The van der Waals surface area contributed by atoms with E-state index in [1.165, 1.54) is 29.5 Å². The van der Waals surface area contributed by atoms with E-state index < -0.39 is 0 Å². The van der Waals surface area contributed by atoms with Gasteiger partial charge in [-0.25, -0.2) is 4.39 Å². The van der Waals surface area contributed by atoms with E-state index >= 15 is 4.39 Å². The van der Waals surface area contributed by atoms with Gasteiger partial charge in [0.2, 0.25) is 0 Å². The summed E-state index contributed by atoms with van der Waals surface area (Å²) in [5.41, 5.74) is 6.82. The van der Waals surface area contributed by atoms with Crippen molar-refractivity contribution in [1.29, 1.82) is 0 Å². The zero-order chi connectivity index (χ0) is 26.6. The summed E-state index contributed by atoms with van der Waals surface area (Å²) >= 11 is 0. The Kier molecular flexibility index (Phi) is 10.3. The summed E-state index contributed by atoms with van der Waals surface area (Å²) in [6, 6.07) is 27.3. The monoisotopic (exact) mass is 502 g/mol. The molecule has 194 valence electrons. The van der Waals surface area contributed by atoms with Gasteiger partial charge in [-0.15, -0.1) is 0 Å². The Morgan fingerprint density at radius 2 is 1.29 bits per heavy atom. The SMILES string of the molecule is C/C=C/CCc1ccc(CCc2ccc(C#Cc3ccc4c(F)c(CCCCCC)ccc4c3)cc2)cc1. The first-order valence-electron chi connectivity index (χ1n) is 14.2. The van der Waals surface area contributed by atoms with Gasteiger partial charge in [-0.3, -0.25) is 0 Å². The number of unbranched alkanes of at least 4 members (excludes halogenated alkanes) is 3. The minimum Gasteiger partial charge on any atom is -0.206 e. The molecule has 38 heavy (non-hydrogen) atoms. The standard InChI is InChI=1S/C37H39F/c1-3-5-7-9-11-34-25-26-35-28-33(24-27-36(35)37(34)38)23-22-32-20-18-31(19-21-32)17-16-30-14-12-29(13-15-30)10-8-6-4-2/h4,6,12-15,18-21,24-28H,3,5,7-11,16-17H2,1-2H3/b6-4+. The molecule has 0 aliphatic rings. The normalized spacial score (nSPS) is 11.1. The van der Waals surface area contributed by atoms with Gasteiger partial charge in [0.25, 0.3) is 0 Å². The average molecular weight is 503 g/mol. The molecule has 0 spiro atoms. The van der Waals surface area contributed by atoms with Crippen LogP contribution in [0.3, 0.4) is 0 Å². The number of benzene rings is 4. The third-order valence-electron chi connectivity index (χ3n) is 7.20. The zero-order valence-electron chi connectivity index (χ0n) is 22.9. The van der Waals surface area contributed by atoms with Gasteiger partial charge in [0, 0.05) is 16.5 Å². The number of rotatable bonds is 11. The molecule has 0 aliphatic heterocycles. The molecule has 0 radical (unpaired) electrons. The maximum atomic E-state index is 15.0. The molecule has 0 heterocycles.